The molecule has 7 heteroatoms. The van der Waals surface area contributed by atoms with Crippen LogP contribution in [-0.2, 0) is 10.1 Å². The van der Waals surface area contributed by atoms with Crippen LogP contribution in [0.5, 0.6) is 0 Å². The Morgan fingerprint density at radius 1 is 0.870 bits per heavy atom. The molecular formula is C16H29ClN2O3S. The third-order valence-electron chi connectivity index (χ3n) is 3.81. The molecule has 0 radical (unpaired) electrons. The van der Waals surface area contributed by atoms with E-state index in [0.29, 0.717) is 6.42 Å². The molecule has 134 valence electrons. The lowest BCUT2D eigenvalue weighted by molar-refractivity contribution is 0.480. The van der Waals surface area contributed by atoms with Crippen LogP contribution in [0.15, 0.2) is 24.3 Å². The van der Waals surface area contributed by atoms with Gasteiger partial charge in [-0.05, 0) is 57.9 Å². The van der Waals surface area contributed by atoms with Gasteiger partial charge in [-0.3, -0.25) is 4.55 Å². The minimum Gasteiger partial charge on any atom is -0.372 e. The molecule has 5 nitrogen and oxygen atoms in total. The van der Waals surface area contributed by atoms with E-state index in [1.54, 1.807) is 0 Å². The van der Waals surface area contributed by atoms with E-state index in [2.05, 4.69) is 54.8 Å². The monoisotopic (exact) mass is 364 g/mol. The third-order valence-corrected chi connectivity index (χ3v) is 4.61. The van der Waals surface area contributed by atoms with E-state index in [4.69, 9.17) is 4.55 Å². The quantitative estimate of drug-likeness (QED) is 0.509. The lowest BCUT2D eigenvalue weighted by Crippen LogP contribution is -2.25. The summed E-state index contributed by atoms with van der Waals surface area (Å²) < 4.78 is 30.2. The van der Waals surface area contributed by atoms with E-state index in [9.17, 15) is 8.42 Å². The summed E-state index contributed by atoms with van der Waals surface area (Å²) in [5.41, 5.74) is 2.36. The van der Waals surface area contributed by atoms with Crippen LogP contribution in [0.2, 0.25) is 0 Å². The number of anilines is 2. The van der Waals surface area contributed by atoms with E-state index in [0.717, 1.165) is 38.3 Å². The number of nitrogens with zero attached hydrogens (tertiary/aromatic N) is 2. The molecule has 0 atom stereocenters. The molecule has 0 aliphatic heterocycles. The van der Waals surface area contributed by atoms with Gasteiger partial charge < -0.3 is 9.80 Å². The minimum absolute atomic E-state index is 0. The highest BCUT2D eigenvalue weighted by molar-refractivity contribution is 7.85. The second kappa shape index (κ2) is 10.7. The number of halogens is 1. The average Bonchev–Trinajstić information content (AvgIpc) is 2.48. The van der Waals surface area contributed by atoms with Gasteiger partial charge in [-0.25, -0.2) is 0 Å². The molecule has 1 aromatic carbocycles. The summed E-state index contributed by atoms with van der Waals surface area (Å²) in [5.74, 6) is -0.161. The van der Waals surface area contributed by atoms with Gasteiger partial charge >= 0.3 is 0 Å². The van der Waals surface area contributed by atoms with Crippen molar-refractivity contribution in [1.82, 2.24) is 0 Å². The molecule has 0 unspecified atom stereocenters. The fourth-order valence-corrected chi connectivity index (χ4v) is 3.09. The van der Waals surface area contributed by atoms with Gasteiger partial charge in [0, 0.05) is 37.6 Å². The van der Waals surface area contributed by atoms with Crippen LogP contribution >= 0.6 is 12.4 Å². The maximum absolute atomic E-state index is 10.7. The molecule has 0 saturated heterocycles. The van der Waals surface area contributed by atoms with Crippen LogP contribution in [0.4, 0.5) is 11.4 Å². The van der Waals surface area contributed by atoms with E-state index in [1.165, 1.54) is 5.69 Å². The first kappa shape index (κ1) is 22.0. The summed E-state index contributed by atoms with van der Waals surface area (Å²) in [6, 6.07) is 8.48. The Morgan fingerprint density at radius 3 is 1.70 bits per heavy atom. The smallest absolute Gasteiger partial charge is 0.264 e. The fourth-order valence-electron chi connectivity index (χ4n) is 2.52. The van der Waals surface area contributed by atoms with Crippen molar-refractivity contribution < 1.29 is 13.0 Å². The molecule has 0 saturated carbocycles. The predicted octanol–water partition coefficient (Wildman–Crippen LogP) is 3.45. The number of benzene rings is 1. The highest BCUT2D eigenvalue weighted by Gasteiger charge is 2.08. The van der Waals surface area contributed by atoms with Crippen molar-refractivity contribution in [3.63, 3.8) is 0 Å². The van der Waals surface area contributed by atoms with Crippen molar-refractivity contribution in [2.45, 2.75) is 33.6 Å². The summed E-state index contributed by atoms with van der Waals surface area (Å²) in [5, 5.41) is 0. The van der Waals surface area contributed by atoms with Crippen molar-refractivity contribution in [1.29, 1.82) is 0 Å². The minimum atomic E-state index is -3.84. The van der Waals surface area contributed by atoms with Crippen LogP contribution in [0.1, 0.15) is 33.6 Å². The number of unbranched alkanes of at least 4 members (excludes halogenated alkanes) is 1. The first-order chi connectivity index (χ1) is 10.4. The second-order valence-corrected chi connectivity index (χ2v) is 6.83. The molecule has 23 heavy (non-hydrogen) atoms. The van der Waals surface area contributed by atoms with Gasteiger partial charge in [-0.1, -0.05) is 0 Å². The molecular weight excluding hydrogens is 336 g/mol. The highest BCUT2D eigenvalue weighted by Crippen LogP contribution is 2.21. The molecule has 0 aliphatic carbocycles. The summed E-state index contributed by atoms with van der Waals surface area (Å²) in [6.45, 7) is 10.0. The lowest BCUT2D eigenvalue weighted by Gasteiger charge is -2.25. The van der Waals surface area contributed by atoms with Crippen molar-refractivity contribution in [2.75, 3.05) is 41.7 Å². The molecule has 0 aliphatic rings. The van der Waals surface area contributed by atoms with Crippen LogP contribution < -0.4 is 9.80 Å². The Hall–Kier alpha value is -0.980. The topological polar surface area (TPSA) is 60.9 Å². The number of rotatable bonds is 10. The van der Waals surface area contributed by atoms with Crippen molar-refractivity contribution in [3.05, 3.63) is 24.3 Å². The molecule has 0 aromatic heterocycles. The molecule has 0 spiro atoms. The highest BCUT2D eigenvalue weighted by atomic mass is 35.5. The van der Waals surface area contributed by atoms with E-state index in [1.807, 2.05) is 0 Å². The predicted molar refractivity (Wildman–Crippen MR) is 101 cm³/mol. The zero-order valence-electron chi connectivity index (χ0n) is 14.2. The van der Waals surface area contributed by atoms with Crippen LogP contribution in [0, 0.1) is 0 Å². The Labute approximate surface area is 146 Å². The van der Waals surface area contributed by atoms with Gasteiger partial charge in [0.2, 0.25) is 0 Å². The fraction of sp³-hybridized carbons (Fsp3) is 0.625. The summed E-state index contributed by atoms with van der Waals surface area (Å²) >= 11 is 0. The largest absolute Gasteiger partial charge is 0.372 e. The summed E-state index contributed by atoms with van der Waals surface area (Å²) in [4.78, 5) is 4.52. The van der Waals surface area contributed by atoms with Crippen molar-refractivity contribution in [3.8, 4) is 0 Å². The Kier molecular flexibility index (Phi) is 10.3. The first-order valence-electron chi connectivity index (χ1n) is 7.96. The Morgan fingerprint density at radius 2 is 1.30 bits per heavy atom. The van der Waals surface area contributed by atoms with Crippen molar-refractivity contribution >= 4 is 33.9 Å². The van der Waals surface area contributed by atoms with Crippen LogP contribution in [-0.4, -0.2) is 44.9 Å². The number of hydrogen-bond acceptors (Lipinski definition) is 4. The lowest BCUT2D eigenvalue weighted by atomic mass is 10.2. The summed E-state index contributed by atoms with van der Waals surface area (Å²) in [6.07, 6.45) is 1.22. The van der Waals surface area contributed by atoms with Crippen molar-refractivity contribution in [2.24, 2.45) is 0 Å². The van der Waals surface area contributed by atoms with Gasteiger partial charge in [-0.2, -0.15) is 8.42 Å². The zero-order chi connectivity index (χ0) is 16.6. The first-order valence-corrected chi connectivity index (χ1v) is 9.57. The summed E-state index contributed by atoms with van der Waals surface area (Å²) in [7, 11) is -3.84. The van der Waals surface area contributed by atoms with Crippen LogP contribution in [0.3, 0.4) is 0 Å². The normalized spacial score (nSPS) is 11.0. The third kappa shape index (κ3) is 7.90. The van der Waals surface area contributed by atoms with Gasteiger partial charge in [0.25, 0.3) is 10.1 Å². The molecule has 0 heterocycles. The van der Waals surface area contributed by atoms with Gasteiger partial charge in [0.05, 0.1) is 5.75 Å². The maximum atomic E-state index is 10.7. The average molecular weight is 365 g/mol. The molecule has 1 aromatic rings. The van der Waals surface area contributed by atoms with Gasteiger partial charge in [0.15, 0.2) is 0 Å². The SMILES string of the molecule is CCN(CC)c1ccc(N(CC)CCCCS(=O)(=O)O)cc1.Cl. The van der Waals surface area contributed by atoms with E-state index < -0.39 is 10.1 Å². The standard InChI is InChI=1S/C16H28N2O3S.ClH/c1-4-17(5-2)15-9-11-16(12-10-15)18(6-3)13-7-8-14-22(19,20)21;/h9-12H,4-8,13-14H2,1-3H3,(H,19,20,21);1H. The van der Waals surface area contributed by atoms with Crippen LogP contribution in [0.25, 0.3) is 0 Å². The molecule has 0 fully saturated rings. The van der Waals surface area contributed by atoms with Gasteiger partial charge in [-0.15, -0.1) is 12.4 Å². The maximum Gasteiger partial charge on any atom is 0.264 e. The van der Waals surface area contributed by atoms with Gasteiger partial charge in [0.1, 0.15) is 0 Å². The van der Waals surface area contributed by atoms with E-state index in [-0.39, 0.29) is 18.2 Å². The molecule has 1 rings (SSSR count). The Balaban J connectivity index is 0.00000484. The molecule has 0 amide bonds. The second-order valence-electron chi connectivity index (χ2n) is 5.26. The Bertz CT molecular complexity index is 531. The number of hydrogen-bond donors (Lipinski definition) is 1. The zero-order valence-corrected chi connectivity index (χ0v) is 15.9. The van der Waals surface area contributed by atoms with E-state index >= 15 is 0 Å². The molecule has 1 N–H and O–H groups in total. The molecule has 0 bridgehead atoms.